The summed E-state index contributed by atoms with van der Waals surface area (Å²) in [6.45, 7) is 19.5. The number of hydrogen-bond acceptors (Lipinski definition) is 11. The number of unbranched alkanes of at least 4 members (excludes halogenated alkanes) is 12. The Balaban J connectivity index is 5.06. The normalized spacial score (nSPS) is 13.1. The molecule has 0 aliphatic heterocycles. The number of nitrogens with two attached hydrogens (primary N) is 1. The predicted octanol–water partition coefficient (Wildman–Crippen LogP) is 7.51. The highest BCUT2D eigenvalue weighted by Gasteiger charge is 2.27. The van der Waals surface area contributed by atoms with Crippen LogP contribution in [0.15, 0.2) is 0 Å². The molecule has 0 heterocycles. The van der Waals surface area contributed by atoms with E-state index in [4.69, 9.17) is 19.9 Å². The monoisotopic (exact) mass is 940 g/mol. The molecule has 384 valence electrons. The molecule has 0 fully saturated rings. The van der Waals surface area contributed by atoms with E-state index in [1.807, 2.05) is 0 Å². The first kappa shape index (κ1) is 61.9. The highest BCUT2D eigenvalue weighted by molar-refractivity contribution is 5.89. The van der Waals surface area contributed by atoms with Crippen LogP contribution in [0.1, 0.15) is 210 Å². The molecule has 2 unspecified atom stereocenters. The molecule has 0 spiro atoms. The zero-order valence-electron chi connectivity index (χ0n) is 42.8. The largest absolute Gasteiger partial charge is 0.460 e. The fourth-order valence-corrected chi connectivity index (χ4v) is 6.73. The van der Waals surface area contributed by atoms with Crippen LogP contribution in [0.2, 0.25) is 0 Å². The fourth-order valence-electron chi connectivity index (χ4n) is 6.73. The number of nitrogens with one attached hydrogen (secondary N) is 6. The summed E-state index contributed by atoms with van der Waals surface area (Å²) in [4.78, 5) is 89.0. The van der Waals surface area contributed by atoms with Crippen molar-refractivity contribution in [3.8, 4) is 0 Å². The van der Waals surface area contributed by atoms with Gasteiger partial charge in [-0.05, 0) is 127 Å². The topological polar surface area (TPSA) is 245 Å². The van der Waals surface area contributed by atoms with Crippen LogP contribution in [0.4, 0.5) is 9.59 Å². The van der Waals surface area contributed by atoms with Crippen LogP contribution in [0.5, 0.6) is 0 Å². The van der Waals surface area contributed by atoms with Gasteiger partial charge in [0.15, 0.2) is 0 Å². The molecule has 17 nitrogen and oxygen atoms in total. The van der Waals surface area contributed by atoms with E-state index in [0.717, 1.165) is 38.5 Å². The molecule has 0 aromatic carbocycles. The predicted molar refractivity (Wildman–Crippen MR) is 259 cm³/mol. The molecule has 0 aromatic rings. The third kappa shape index (κ3) is 38.0. The van der Waals surface area contributed by atoms with Gasteiger partial charge in [0.25, 0.3) is 0 Å². The molecule has 17 heteroatoms. The van der Waals surface area contributed by atoms with Gasteiger partial charge in [-0.15, -0.1) is 0 Å². The third-order valence-electron chi connectivity index (χ3n) is 10.1. The van der Waals surface area contributed by atoms with Crippen LogP contribution >= 0.6 is 0 Å². The first-order valence-corrected chi connectivity index (χ1v) is 25.0. The summed E-state index contributed by atoms with van der Waals surface area (Å²) in [6.07, 6.45) is 15.9. The fraction of sp³-hybridized carbons (Fsp3) is 0.857. The second kappa shape index (κ2) is 35.1. The number of carbonyl (C=O) groups is 7. The van der Waals surface area contributed by atoms with Crippen LogP contribution in [-0.2, 0) is 38.2 Å². The van der Waals surface area contributed by atoms with Crippen molar-refractivity contribution in [3.63, 3.8) is 0 Å². The first-order chi connectivity index (χ1) is 30.9. The molecule has 3 atom stereocenters. The average molecular weight is 940 g/mol. The Labute approximate surface area is 397 Å². The highest BCUT2D eigenvalue weighted by atomic mass is 16.6. The number of carbonyl (C=O) groups excluding carboxylic acids is 7. The lowest BCUT2D eigenvalue weighted by molar-refractivity contribution is -0.155. The zero-order chi connectivity index (χ0) is 50.0. The Kier molecular flexibility index (Phi) is 32.9. The maximum Gasteiger partial charge on any atom is 0.408 e. The van der Waals surface area contributed by atoms with Crippen molar-refractivity contribution in [1.29, 1.82) is 0 Å². The number of alkyl carbamates (subject to hydrolysis) is 2. The van der Waals surface area contributed by atoms with Crippen LogP contribution in [-0.4, -0.2) is 103 Å². The van der Waals surface area contributed by atoms with Crippen molar-refractivity contribution in [2.45, 2.75) is 245 Å². The van der Waals surface area contributed by atoms with E-state index in [0.29, 0.717) is 51.7 Å². The van der Waals surface area contributed by atoms with Crippen molar-refractivity contribution in [3.05, 3.63) is 0 Å². The number of rotatable bonds is 35. The second-order valence-corrected chi connectivity index (χ2v) is 20.3. The molecule has 0 saturated heterocycles. The van der Waals surface area contributed by atoms with E-state index in [1.165, 1.54) is 44.9 Å². The smallest absolute Gasteiger partial charge is 0.408 e. The van der Waals surface area contributed by atoms with Gasteiger partial charge in [-0.3, -0.25) is 24.0 Å². The molecule has 66 heavy (non-hydrogen) atoms. The minimum Gasteiger partial charge on any atom is -0.460 e. The van der Waals surface area contributed by atoms with Crippen molar-refractivity contribution in [2.75, 3.05) is 26.2 Å². The van der Waals surface area contributed by atoms with Gasteiger partial charge in [0.2, 0.25) is 23.6 Å². The minimum atomic E-state index is -1.02. The van der Waals surface area contributed by atoms with Crippen LogP contribution < -0.4 is 37.6 Å². The molecule has 0 saturated carbocycles. The summed E-state index contributed by atoms with van der Waals surface area (Å²) < 4.78 is 16.0. The van der Waals surface area contributed by atoms with Crippen molar-refractivity contribution < 1.29 is 47.8 Å². The molecular weight excluding hydrogens is 847 g/mol. The number of esters is 1. The van der Waals surface area contributed by atoms with E-state index in [-0.39, 0.29) is 50.0 Å². The first-order valence-electron chi connectivity index (χ1n) is 25.0. The Morgan fingerprint density at radius 3 is 1.42 bits per heavy atom. The van der Waals surface area contributed by atoms with Crippen molar-refractivity contribution >= 4 is 41.8 Å². The standard InChI is InChI=1S/C49H93N7O10/c1-11-12-13-14-15-16-17-18-21-31-40(57)51-33-23-19-20-24-34-52-44(61)39(56-46(63)66-49(8,9)10)30-26-28-37(50)42(59)55-38(29-22-25-35-54-45(62)65-48(5,6)7)43(60)53-36-27-32-41(58)64-47(2,3)4/h37-39H,11-36,50H2,1-10H3,(H,51,57)(H,52,61)(H,53,60)(H,54,62)(H,55,59)(H,56,63)/t37?,38?,39-/m0/s1. The lowest BCUT2D eigenvalue weighted by Gasteiger charge is -2.24. The SMILES string of the molecule is CCCCCCCCCCCC(=O)NCCCCCCNC(=O)[C@H](CCCC(N)C(=O)NC(CCCCNC(=O)OC(C)(C)C)C(=O)NCCCC(=O)OC(C)(C)C)NC(=O)OC(C)(C)C. The molecule has 0 aromatic heterocycles. The quantitative estimate of drug-likeness (QED) is 0.0186. The summed E-state index contributed by atoms with van der Waals surface area (Å²) in [7, 11) is 0. The number of amides is 6. The maximum absolute atomic E-state index is 13.3. The molecular formula is C49H93N7O10. The Morgan fingerprint density at radius 1 is 0.424 bits per heavy atom. The second-order valence-electron chi connectivity index (χ2n) is 20.3. The molecule has 0 rings (SSSR count). The zero-order valence-corrected chi connectivity index (χ0v) is 42.8. The Morgan fingerprint density at radius 2 is 0.864 bits per heavy atom. The van der Waals surface area contributed by atoms with E-state index >= 15 is 0 Å². The van der Waals surface area contributed by atoms with Crippen LogP contribution in [0.25, 0.3) is 0 Å². The summed E-state index contributed by atoms with van der Waals surface area (Å²) in [5, 5.41) is 16.8. The lowest BCUT2D eigenvalue weighted by atomic mass is 10.0. The van der Waals surface area contributed by atoms with Gasteiger partial charge in [0.05, 0.1) is 6.04 Å². The van der Waals surface area contributed by atoms with E-state index in [9.17, 15) is 33.6 Å². The van der Waals surface area contributed by atoms with Gasteiger partial charge in [-0.1, -0.05) is 71.1 Å². The van der Waals surface area contributed by atoms with Gasteiger partial charge < -0.3 is 51.8 Å². The lowest BCUT2D eigenvalue weighted by Crippen LogP contribution is -2.52. The van der Waals surface area contributed by atoms with Gasteiger partial charge in [-0.25, -0.2) is 9.59 Å². The average Bonchev–Trinajstić information content (AvgIpc) is 3.19. The molecule has 0 aliphatic carbocycles. The third-order valence-corrected chi connectivity index (χ3v) is 10.1. The highest BCUT2D eigenvalue weighted by Crippen LogP contribution is 2.13. The summed E-state index contributed by atoms with van der Waals surface area (Å²) >= 11 is 0. The van der Waals surface area contributed by atoms with E-state index in [2.05, 4.69) is 38.8 Å². The van der Waals surface area contributed by atoms with Crippen molar-refractivity contribution in [2.24, 2.45) is 5.73 Å². The number of ether oxygens (including phenoxy) is 3. The van der Waals surface area contributed by atoms with Crippen LogP contribution in [0, 0.1) is 0 Å². The van der Waals surface area contributed by atoms with Crippen molar-refractivity contribution in [1.82, 2.24) is 31.9 Å². The van der Waals surface area contributed by atoms with E-state index < -0.39 is 58.9 Å². The van der Waals surface area contributed by atoms with E-state index in [1.54, 1.807) is 62.3 Å². The van der Waals surface area contributed by atoms with Gasteiger partial charge >= 0.3 is 18.2 Å². The Hall–Kier alpha value is -4.15. The molecule has 8 N–H and O–H groups in total. The summed E-state index contributed by atoms with van der Waals surface area (Å²) in [5.74, 6) is -1.66. The molecule has 6 amide bonds. The molecule has 0 bridgehead atoms. The number of hydrogen-bond donors (Lipinski definition) is 7. The van der Waals surface area contributed by atoms with Gasteiger partial charge in [0.1, 0.15) is 28.9 Å². The minimum absolute atomic E-state index is 0.102. The molecule has 0 aliphatic rings. The summed E-state index contributed by atoms with van der Waals surface area (Å²) in [6, 6.07) is -2.90. The van der Waals surface area contributed by atoms with Gasteiger partial charge in [0, 0.05) is 39.0 Å². The maximum atomic E-state index is 13.3. The summed E-state index contributed by atoms with van der Waals surface area (Å²) in [5.41, 5.74) is 4.26. The van der Waals surface area contributed by atoms with Gasteiger partial charge in [-0.2, -0.15) is 0 Å². The van der Waals surface area contributed by atoms with Crippen LogP contribution in [0.3, 0.4) is 0 Å². The molecule has 0 radical (unpaired) electrons. The Bertz CT molecular complexity index is 1410.